The molecule has 0 amide bonds. The molecule has 0 aromatic carbocycles. The lowest BCUT2D eigenvalue weighted by molar-refractivity contribution is -0.156. The molecular weight excluding hydrogens is 432 g/mol. The Morgan fingerprint density at radius 3 is 1.53 bits per heavy atom. The summed E-state index contributed by atoms with van der Waals surface area (Å²) in [5.41, 5.74) is 0. The van der Waals surface area contributed by atoms with E-state index in [9.17, 15) is 9.59 Å². The molecule has 6 nitrogen and oxygen atoms in total. The van der Waals surface area contributed by atoms with Gasteiger partial charge in [0.2, 0.25) is 0 Å². The Hall–Kier alpha value is -1.14. The maximum atomic E-state index is 12.4. The summed E-state index contributed by atoms with van der Waals surface area (Å²) in [6.45, 7) is 4.16. The summed E-state index contributed by atoms with van der Waals surface area (Å²) in [4.78, 5) is 24.5. The molecule has 0 aromatic heterocycles. The van der Waals surface area contributed by atoms with E-state index in [-0.39, 0.29) is 37.2 Å². The minimum atomic E-state index is -0.419. The van der Waals surface area contributed by atoms with Gasteiger partial charge in [-0.3, -0.25) is 9.59 Å². The van der Waals surface area contributed by atoms with Crippen LogP contribution in [0, 0.1) is 5.92 Å². The normalized spacial score (nSPS) is 19.6. The van der Waals surface area contributed by atoms with Gasteiger partial charge >= 0.3 is 11.9 Å². The maximum Gasteiger partial charge on any atom is 0.309 e. The summed E-state index contributed by atoms with van der Waals surface area (Å²) in [6, 6.07) is 0. The lowest BCUT2D eigenvalue weighted by Gasteiger charge is -2.15. The van der Waals surface area contributed by atoms with Gasteiger partial charge < -0.3 is 18.9 Å². The van der Waals surface area contributed by atoms with Crippen molar-refractivity contribution in [1.82, 2.24) is 0 Å². The number of unbranched alkanes of at least 4 members (excludes halogenated alkanes) is 15. The predicted octanol–water partition coefficient (Wildman–Crippen LogP) is 6.53. The number of epoxide rings is 2. The third-order valence-corrected chi connectivity index (χ3v) is 6.80. The Labute approximate surface area is 207 Å². The highest BCUT2D eigenvalue weighted by molar-refractivity contribution is 5.80. The average Bonchev–Trinajstić information content (AvgIpc) is 3.75. The molecule has 34 heavy (non-hydrogen) atoms. The minimum absolute atomic E-state index is 0.0408. The third-order valence-electron chi connectivity index (χ3n) is 6.80. The van der Waals surface area contributed by atoms with Crippen LogP contribution in [-0.2, 0) is 28.5 Å². The Morgan fingerprint density at radius 1 is 0.676 bits per heavy atom. The van der Waals surface area contributed by atoms with Crippen LogP contribution >= 0.6 is 0 Å². The predicted molar refractivity (Wildman–Crippen MR) is 134 cm³/mol. The number of carbonyl (C=O) groups is 2. The molecule has 2 fully saturated rings. The topological polar surface area (TPSA) is 77.7 Å². The molecule has 0 aromatic rings. The molecule has 2 heterocycles. The van der Waals surface area contributed by atoms with Crippen LogP contribution < -0.4 is 0 Å². The summed E-state index contributed by atoms with van der Waals surface area (Å²) in [7, 11) is 0. The maximum absolute atomic E-state index is 12.4. The highest BCUT2D eigenvalue weighted by Crippen LogP contribution is 2.20. The van der Waals surface area contributed by atoms with Crippen LogP contribution in [0.3, 0.4) is 0 Å². The van der Waals surface area contributed by atoms with Crippen molar-refractivity contribution in [2.45, 2.75) is 135 Å². The van der Waals surface area contributed by atoms with E-state index in [0.29, 0.717) is 26.2 Å². The van der Waals surface area contributed by atoms with Gasteiger partial charge in [0.05, 0.1) is 25.6 Å². The first-order chi connectivity index (χ1) is 16.7. The first kappa shape index (κ1) is 29.1. The second-order valence-electron chi connectivity index (χ2n) is 10.2. The van der Waals surface area contributed by atoms with Crippen molar-refractivity contribution < 1.29 is 28.5 Å². The zero-order valence-corrected chi connectivity index (χ0v) is 21.7. The highest BCUT2D eigenvalue weighted by atomic mass is 16.6. The van der Waals surface area contributed by atoms with Gasteiger partial charge in [-0.15, -0.1) is 0 Å². The SMILES string of the molecule is CCCCCCCCCCCCCCCCCCC(CC(=O)OCC1CO1)C(=O)OCC1CO1. The first-order valence-electron chi connectivity index (χ1n) is 14.2. The quantitative estimate of drug-likeness (QED) is 0.0884. The Bertz CT molecular complexity index is 529. The van der Waals surface area contributed by atoms with Gasteiger partial charge in [-0.2, -0.15) is 0 Å². The first-order valence-corrected chi connectivity index (χ1v) is 14.2. The summed E-state index contributed by atoms with van der Waals surface area (Å²) < 4.78 is 20.7. The van der Waals surface area contributed by atoms with Crippen LogP contribution in [0.5, 0.6) is 0 Å². The van der Waals surface area contributed by atoms with Crippen molar-refractivity contribution in [1.29, 1.82) is 0 Å². The number of hydrogen-bond acceptors (Lipinski definition) is 6. The van der Waals surface area contributed by atoms with Crippen LogP contribution in [0.15, 0.2) is 0 Å². The molecule has 198 valence electrons. The largest absolute Gasteiger partial charge is 0.463 e. The lowest BCUT2D eigenvalue weighted by Crippen LogP contribution is -2.24. The number of hydrogen-bond donors (Lipinski definition) is 0. The molecule has 2 aliphatic rings. The van der Waals surface area contributed by atoms with Crippen LogP contribution in [0.4, 0.5) is 0 Å². The smallest absolute Gasteiger partial charge is 0.309 e. The number of rotatable bonds is 24. The molecule has 2 rings (SSSR count). The monoisotopic (exact) mass is 482 g/mol. The Morgan fingerprint density at radius 2 is 1.09 bits per heavy atom. The van der Waals surface area contributed by atoms with E-state index in [1.54, 1.807) is 0 Å². The molecule has 3 unspecified atom stereocenters. The van der Waals surface area contributed by atoms with Gasteiger partial charge in [0, 0.05) is 0 Å². The summed E-state index contributed by atoms with van der Waals surface area (Å²) >= 11 is 0. The van der Waals surface area contributed by atoms with Crippen molar-refractivity contribution in [3.63, 3.8) is 0 Å². The zero-order chi connectivity index (χ0) is 24.3. The fourth-order valence-electron chi connectivity index (χ4n) is 4.31. The van der Waals surface area contributed by atoms with Gasteiger partial charge in [0.15, 0.2) is 0 Å². The number of ether oxygens (including phenoxy) is 4. The molecule has 3 atom stereocenters. The number of esters is 2. The molecule has 0 radical (unpaired) electrons. The van der Waals surface area contributed by atoms with Gasteiger partial charge in [-0.1, -0.05) is 110 Å². The van der Waals surface area contributed by atoms with Crippen molar-refractivity contribution >= 4 is 11.9 Å². The van der Waals surface area contributed by atoms with Crippen molar-refractivity contribution in [3.05, 3.63) is 0 Å². The molecule has 0 N–H and O–H groups in total. The standard InChI is InChI=1S/C28H50O6/c1-2-3-4-5-6-7-8-9-10-11-12-13-14-15-16-17-18-24(28(30)34-23-26-21-32-26)19-27(29)33-22-25-20-31-25/h24-26H,2-23H2,1H3. The van der Waals surface area contributed by atoms with E-state index in [1.165, 1.54) is 89.9 Å². The van der Waals surface area contributed by atoms with Crippen molar-refractivity contribution in [3.8, 4) is 0 Å². The van der Waals surface area contributed by atoms with E-state index in [0.717, 1.165) is 12.8 Å². The zero-order valence-electron chi connectivity index (χ0n) is 21.7. The minimum Gasteiger partial charge on any atom is -0.463 e. The fraction of sp³-hybridized carbons (Fsp3) is 0.929. The average molecular weight is 483 g/mol. The van der Waals surface area contributed by atoms with Gasteiger partial charge in [-0.25, -0.2) is 0 Å². The molecule has 0 aliphatic carbocycles. The van der Waals surface area contributed by atoms with Crippen LogP contribution in [0.1, 0.15) is 122 Å². The van der Waals surface area contributed by atoms with E-state index in [2.05, 4.69) is 6.92 Å². The molecular formula is C28H50O6. The van der Waals surface area contributed by atoms with E-state index >= 15 is 0 Å². The van der Waals surface area contributed by atoms with E-state index in [1.807, 2.05) is 0 Å². The van der Waals surface area contributed by atoms with Gasteiger partial charge in [-0.05, 0) is 6.42 Å². The summed E-state index contributed by atoms with van der Waals surface area (Å²) in [5.74, 6) is -1.05. The lowest BCUT2D eigenvalue weighted by atomic mass is 9.97. The third kappa shape index (κ3) is 16.5. The van der Waals surface area contributed by atoms with Crippen LogP contribution in [0.2, 0.25) is 0 Å². The fourth-order valence-corrected chi connectivity index (χ4v) is 4.31. The summed E-state index contributed by atoms with van der Waals surface area (Å²) in [5, 5.41) is 0. The molecule has 0 saturated carbocycles. The second kappa shape index (κ2) is 19.1. The van der Waals surface area contributed by atoms with Crippen molar-refractivity contribution in [2.75, 3.05) is 26.4 Å². The van der Waals surface area contributed by atoms with Crippen LogP contribution in [-0.4, -0.2) is 50.6 Å². The van der Waals surface area contributed by atoms with Crippen LogP contribution in [0.25, 0.3) is 0 Å². The second-order valence-corrected chi connectivity index (χ2v) is 10.2. The Kier molecular flexibility index (Phi) is 16.3. The van der Waals surface area contributed by atoms with E-state index < -0.39 is 5.92 Å². The van der Waals surface area contributed by atoms with E-state index in [4.69, 9.17) is 18.9 Å². The molecule has 2 saturated heterocycles. The molecule has 0 spiro atoms. The highest BCUT2D eigenvalue weighted by Gasteiger charge is 2.29. The van der Waals surface area contributed by atoms with Gasteiger partial charge in [0.25, 0.3) is 0 Å². The van der Waals surface area contributed by atoms with Gasteiger partial charge in [0.1, 0.15) is 25.4 Å². The Balaban J connectivity index is 1.42. The summed E-state index contributed by atoms with van der Waals surface area (Å²) in [6.07, 6.45) is 21.9. The molecule has 6 heteroatoms. The molecule has 2 aliphatic heterocycles. The number of carbonyl (C=O) groups excluding carboxylic acids is 2. The molecule has 0 bridgehead atoms. The van der Waals surface area contributed by atoms with Crippen molar-refractivity contribution in [2.24, 2.45) is 5.92 Å².